The molecule has 0 heterocycles. The van der Waals surface area contributed by atoms with E-state index >= 15 is 0 Å². The number of halogens is 1. The first-order valence-corrected chi connectivity index (χ1v) is 6.96. The van der Waals surface area contributed by atoms with E-state index in [4.69, 9.17) is 17.1 Å². The number of hydrogen-bond donors (Lipinski definition) is 0. The van der Waals surface area contributed by atoms with Crippen molar-refractivity contribution in [3.05, 3.63) is 64.0 Å². The first-order valence-electron chi connectivity index (χ1n) is 4.87. The fourth-order valence-corrected chi connectivity index (χ4v) is 3.29. The average molecular weight is 309 g/mol. The molecule has 2 aromatic carbocycles. The first kappa shape index (κ1) is 12.0. The molecular weight excluding hydrogens is 301 g/mol. The van der Waals surface area contributed by atoms with E-state index < -0.39 is 0 Å². The maximum absolute atomic E-state index is 8.49. The molecule has 84 valence electrons. The van der Waals surface area contributed by atoms with Crippen LogP contribution >= 0.6 is 11.6 Å². The molecule has 2 aromatic rings. The summed E-state index contributed by atoms with van der Waals surface area (Å²) in [6, 6.07) is 15.4. The Labute approximate surface area is 110 Å². The third kappa shape index (κ3) is 3.26. The third-order valence-electron chi connectivity index (χ3n) is 2.06. The predicted molar refractivity (Wildman–Crippen MR) is 71.7 cm³/mol. The fourth-order valence-electron chi connectivity index (χ4n) is 1.30. The Morgan fingerprint density at radius 1 is 1.06 bits per heavy atom. The number of azide groups is 1. The van der Waals surface area contributed by atoms with Crippen molar-refractivity contribution in [1.82, 2.24) is 0 Å². The van der Waals surface area contributed by atoms with Crippen LogP contribution in [0.5, 0.6) is 0 Å². The molecule has 0 saturated heterocycles. The topological polar surface area (TPSA) is 48.8 Å². The van der Waals surface area contributed by atoms with Crippen LogP contribution in [0.3, 0.4) is 0 Å². The van der Waals surface area contributed by atoms with Crippen LogP contribution in [0.2, 0.25) is 5.02 Å². The molecule has 0 unspecified atom stereocenters. The van der Waals surface area contributed by atoms with E-state index in [-0.39, 0.29) is 15.0 Å². The summed E-state index contributed by atoms with van der Waals surface area (Å²) in [7, 11) is 0. The van der Waals surface area contributed by atoms with Crippen molar-refractivity contribution in [1.29, 1.82) is 0 Å². The van der Waals surface area contributed by atoms with Crippen molar-refractivity contribution in [2.75, 3.05) is 0 Å². The van der Waals surface area contributed by atoms with E-state index in [1.807, 2.05) is 48.5 Å². The maximum atomic E-state index is 8.49. The number of benzene rings is 2. The molecule has 0 aliphatic rings. The normalized spacial score (nSPS) is 9.71. The Morgan fingerprint density at radius 3 is 2.47 bits per heavy atom. The summed E-state index contributed by atoms with van der Waals surface area (Å²) in [5, 5.41) is 4.42. The van der Waals surface area contributed by atoms with Gasteiger partial charge < -0.3 is 0 Å². The van der Waals surface area contributed by atoms with Gasteiger partial charge in [-0.3, -0.25) is 0 Å². The van der Waals surface area contributed by atoms with Gasteiger partial charge >= 0.3 is 110 Å². The summed E-state index contributed by atoms with van der Waals surface area (Å²) in [6.45, 7) is 0. The summed E-state index contributed by atoms with van der Waals surface area (Å²) in [5.41, 5.74) is 9.19. The number of nitrogens with zero attached hydrogens (tertiary/aromatic N) is 3. The summed E-state index contributed by atoms with van der Waals surface area (Å²) in [5.74, 6) is 0. The van der Waals surface area contributed by atoms with E-state index in [1.54, 1.807) is 0 Å². The molecule has 0 aliphatic heterocycles. The van der Waals surface area contributed by atoms with Gasteiger partial charge in [0.25, 0.3) is 0 Å². The van der Waals surface area contributed by atoms with Crippen LogP contribution in [0.4, 0.5) is 5.69 Å². The molecule has 3 nitrogen and oxygen atoms in total. The van der Waals surface area contributed by atoms with Gasteiger partial charge in [0.1, 0.15) is 0 Å². The Kier molecular flexibility index (Phi) is 4.07. The van der Waals surface area contributed by atoms with E-state index in [9.17, 15) is 0 Å². The van der Waals surface area contributed by atoms with Gasteiger partial charge in [0.2, 0.25) is 0 Å². The molecule has 2 rings (SSSR count). The second-order valence-corrected chi connectivity index (χ2v) is 5.99. The van der Waals surface area contributed by atoms with Crippen molar-refractivity contribution in [3.63, 3.8) is 0 Å². The molecule has 5 heteroatoms. The van der Waals surface area contributed by atoms with Crippen LogP contribution in [0.1, 0.15) is 0 Å². The minimum atomic E-state index is 0.120. The Morgan fingerprint density at radius 2 is 1.76 bits per heavy atom. The zero-order valence-electron chi connectivity index (χ0n) is 8.75. The Bertz CT molecular complexity index is 562. The predicted octanol–water partition coefficient (Wildman–Crippen LogP) is 2.94. The third-order valence-corrected chi connectivity index (χ3v) is 4.56. The molecule has 0 aliphatic carbocycles. The summed E-state index contributed by atoms with van der Waals surface area (Å²) >= 11 is 5.96. The second kappa shape index (κ2) is 5.76. The van der Waals surface area contributed by atoms with Gasteiger partial charge in [-0.2, -0.15) is 0 Å². The van der Waals surface area contributed by atoms with Crippen LogP contribution in [0.15, 0.2) is 53.6 Å². The second-order valence-electron chi connectivity index (χ2n) is 3.21. The van der Waals surface area contributed by atoms with Gasteiger partial charge in [0.15, 0.2) is 0 Å². The Balaban J connectivity index is 2.29. The van der Waals surface area contributed by atoms with Crippen molar-refractivity contribution in [3.8, 4) is 0 Å². The molecular formula is C12H8ClN3Se. The van der Waals surface area contributed by atoms with Gasteiger partial charge in [-0.05, 0) is 0 Å². The molecule has 0 atom stereocenters. The number of hydrogen-bond acceptors (Lipinski definition) is 1. The van der Waals surface area contributed by atoms with Crippen LogP contribution in [-0.2, 0) is 0 Å². The van der Waals surface area contributed by atoms with Crippen LogP contribution in [-0.4, -0.2) is 15.0 Å². The van der Waals surface area contributed by atoms with Gasteiger partial charge in [0, 0.05) is 0 Å². The molecule has 0 bridgehead atoms. The summed E-state index contributed by atoms with van der Waals surface area (Å²) in [6.07, 6.45) is 0. The van der Waals surface area contributed by atoms with Gasteiger partial charge in [-0.1, -0.05) is 0 Å². The van der Waals surface area contributed by atoms with Crippen molar-refractivity contribution >= 4 is 41.2 Å². The van der Waals surface area contributed by atoms with Crippen molar-refractivity contribution < 1.29 is 0 Å². The number of rotatable bonds is 3. The zero-order chi connectivity index (χ0) is 12.1. The van der Waals surface area contributed by atoms with Gasteiger partial charge in [0.05, 0.1) is 0 Å². The molecule has 0 spiro atoms. The van der Waals surface area contributed by atoms with E-state index in [0.29, 0.717) is 5.69 Å². The van der Waals surface area contributed by atoms with Crippen molar-refractivity contribution in [2.45, 2.75) is 0 Å². The van der Waals surface area contributed by atoms with Crippen LogP contribution < -0.4 is 8.92 Å². The molecule has 0 saturated carbocycles. The molecule has 0 amide bonds. The van der Waals surface area contributed by atoms with E-state index in [1.165, 1.54) is 4.46 Å². The van der Waals surface area contributed by atoms with Gasteiger partial charge in [-0.25, -0.2) is 0 Å². The minimum absolute atomic E-state index is 0.120. The standard InChI is InChI=1S/C12H8ClN3Se/c13-9-5-7-10(8-6-9)17-12-4-2-1-3-11(12)15-16-14/h1-8H. The first-order chi connectivity index (χ1) is 8.29. The molecule has 0 aromatic heterocycles. The molecule has 17 heavy (non-hydrogen) atoms. The Hall–Kier alpha value is -1.44. The molecule has 0 radical (unpaired) electrons. The quantitative estimate of drug-likeness (QED) is 0.362. The van der Waals surface area contributed by atoms with Crippen molar-refractivity contribution in [2.24, 2.45) is 5.11 Å². The fraction of sp³-hybridized carbons (Fsp3) is 0. The van der Waals surface area contributed by atoms with Crippen LogP contribution in [0.25, 0.3) is 10.4 Å². The van der Waals surface area contributed by atoms with Crippen LogP contribution in [0, 0.1) is 0 Å². The molecule has 0 N–H and O–H groups in total. The average Bonchev–Trinajstić information content (AvgIpc) is 2.35. The molecule has 0 fully saturated rings. The van der Waals surface area contributed by atoms with E-state index in [0.717, 1.165) is 9.48 Å². The zero-order valence-corrected chi connectivity index (χ0v) is 11.2. The monoisotopic (exact) mass is 309 g/mol. The summed E-state index contributed by atoms with van der Waals surface area (Å²) in [4.78, 5) is 2.84. The summed E-state index contributed by atoms with van der Waals surface area (Å²) < 4.78 is 2.27. The van der Waals surface area contributed by atoms with E-state index in [2.05, 4.69) is 10.0 Å². The van der Waals surface area contributed by atoms with Gasteiger partial charge in [-0.15, -0.1) is 0 Å². The SMILES string of the molecule is [N-]=[N+]=Nc1ccccc1[Se]c1ccc(Cl)cc1.